The van der Waals surface area contributed by atoms with Crippen molar-refractivity contribution in [3.63, 3.8) is 0 Å². The van der Waals surface area contributed by atoms with Crippen molar-refractivity contribution in [1.82, 2.24) is 10.5 Å². The van der Waals surface area contributed by atoms with Gasteiger partial charge in [0.2, 0.25) is 0 Å². The summed E-state index contributed by atoms with van der Waals surface area (Å²) in [4.78, 5) is 12.6. The van der Waals surface area contributed by atoms with Crippen molar-refractivity contribution in [2.75, 3.05) is 0 Å². The number of aromatic nitrogens is 1. The minimum atomic E-state index is -0.231. The summed E-state index contributed by atoms with van der Waals surface area (Å²) in [7, 11) is 0. The van der Waals surface area contributed by atoms with E-state index in [-0.39, 0.29) is 5.91 Å². The molecule has 0 radical (unpaired) electrons. The Labute approximate surface area is 145 Å². The van der Waals surface area contributed by atoms with Crippen molar-refractivity contribution < 1.29 is 9.32 Å². The highest BCUT2D eigenvalue weighted by atomic mass is 35.5. The molecule has 0 aliphatic heterocycles. The summed E-state index contributed by atoms with van der Waals surface area (Å²) in [5.74, 6) is 0.157. The molecule has 1 amide bonds. The van der Waals surface area contributed by atoms with E-state index in [1.807, 2.05) is 43.3 Å². The lowest BCUT2D eigenvalue weighted by Gasteiger charge is -2.07. The molecular weight excluding hydrogens is 324 g/mol. The van der Waals surface area contributed by atoms with Crippen LogP contribution in [0, 0.1) is 13.8 Å². The van der Waals surface area contributed by atoms with Gasteiger partial charge in [0.15, 0.2) is 5.76 Å². The van der Waals surface area contributed by atoms with Gasteiger partial charge in [-0.05, 0) is 31.5 Å². The van der Waals surface area contributed by atoms with Crippen molar-refractivity contribution in [2.24, 2.45) is 0 Å². The third-order valence-corrected chi connectivity index (χ3v) is 4.07. The van der Waals surface area contributed by atoms with E-state index in [0.29, 0.717) is 34.1 Å². The van der Waals surface area contributed by atoms with Crippen LogP contribution in [-0.2, 0) is 6.54 Å². The summed E-state index contributed by atoms with van der Waals surface area (Å²) in [6, 6.07) is 15.2. The fourth-order valence-electron chi connectivity index (χ4n) is 2.56. The van der Waals surface area contributed by atoms with E-state index >= 15 is 0 Å². The molecular formula is C19H17ClN2O2. The first-order chi connectivity index (χ1) is 11.6. The fourth-order valence-corrected chi connectivity index (χ4v) is 2.78. The monoisotopic (exact) mass is 340 g/mol. The molecule has 0 bridgehead atoms. The Hall–Kier alpha value is -2.59. The lowest BCUT2D eigenvalue weighted by Crippen LogP contribution is -2.23. The summed E-state index contributed by atoms with van der Waals surface area (Å²) < 4.78 is 5.36. The van der Waals surface area contributed by atoms with Crippen molar-refractivity contribution in [3.8, 4) is 11.3 Å². The predicted molar refractivity (Wildman–Crippen MR) is 94.0 cm³/mol. The Morgan fingerprint density at radius 1 is 1.17 bits per heavy atom. The van der Waals surface area contributed by atoms with Crippen LogP contribution in [0.25, 0.3) is 11.3 Å². The van der Waals surface area contributed by atoms with Gasteiger partial charge in [-0.25, -0.2) is 0 Å². The van der Waals surface area contributed by atoms with Crippen LogP contribution < -0.4 is 5.32 Å². The summed E-state index contributed by atoms with van der Waals surface area (Å²) in [6.45, 7) is 4.20. The largest absolute Gasteiger partial charge is 0.355 e. The van der Waals surface area contributed by atoms with Gasteiger partial charge >= 0.3 is 0 Å². The van der Waals surface area contributed by atoms with Crippen LogP contribution in [0.3, 0.4) is 0 Å². The summed E-state index contributed by atoms with van der Waals surface area (Å²) >= 11 is 6.22. The minimum absolute atomic E-state index is 0.231. The highest BCUT2D eigenvalue weighted by Crippen LogP contribution is 2.31. The number of nitrogens with zero attached hydrogens (tertiary/aromatic N) is 1. The van der Waals surface area contributed by atoms with Gasteiger partial charge in [-0.2, -0.15) is 0 Å². The summed E-state index contributed by atoms with van der Waals surface area (Å²) in [6.07, 6.45) is 0. The molecule has 0 unspecified atom stereocenters. The second kappa shape index (κ2) is 6.89. The first-order valence-corrected chi connectivity index (χ1v) is 7.99. The number of aryl methyl sites for hydroxylation is 2. The van der Waals surface area contributed by atoms with Crippen LogP contribution in [-0.4, -0.2) is 11.1 Å². The van der Waals surface area contributed by atoms with Crippen molar-refractivity contribution in [2.45, 2.75) is 20.4 Å². The van der Waals surface area contributed by atoms with Gasteiger partial charge in [-0.1, -0.05) is 58.7 Å². The Morgan fingerprint density at radius 2 is 1.96 bits per heavy atom. The van der Waals surface area contributed by atoms with E-state index in [1.54, 1.807) is 19.1 Å². The highest BCUT2D eigenvalue weighted by molar-refractivity contribution is 6.33. The zero-order valence-electron chi connectivity index (χ0n) is 13.5. The van der Waals surface area contributed by atoms with Crippen molar-refractivity contribution in [1.29, 1.82) is 0 Å². The lowest BCUT2D eigenvalue weighted by molar-refractivity contribution is 0.0950. The quantitative estimate of drug-likeness (QED) is 0.758. The molecule has 122 valence electrons. The van der Waals surface area contributed by atoms with Crippen molar-refractivity contribution >= 4 is 17.5 Å². The highest BCUT2D eigenvalue weighted by Gasteiger charge is 2.22. The molecule has 0 aliphatic rings. The summed E-state index contributed by atoms with van der Waals surface area (Å²) in [5, 5.41) is 7.36. The van der Waals surface area contributed by atoms with E-state index in [9.17, 15) is 4.79 Å². The third kappa shape index (κ3) is 3.34. The van der Waals surface area contributed by atoms with E-state index in [4.69, 9.17) is 16.1 Å². The number of hydrogen-bond donors (Lipinski definition) is 1. The number of hydrogen-bond acceptors (Lipinski definition) is 3. The van der Waals surface area contributed by atoms with Crippen LogP contribution in [0.1, 0.15) is 27.2 Å². The van der Waals surface area contributed by atoms with Crippen LogP contribution in [0.2, 0.25) is 5.02 Å². The SMILES string of the molecule is Cc1cccc(CNC(=O)c2c(C)noc2-c2ccccc2Cl)c1. The average molecular weight is 341 g/mol. The molecule has 24 heavy (non-hydrogen) atoms. The minimum Gasteiger partial charge on any atom is -0.355 e. The smallest absolute Gasteiger partial charge is 0.257 e. The number of nitrogens with one attached hydrogen (secondary N) is 1. The Balaban J connectivity index is 1.85. The molecule has 5 heteroatoms. The molecule has 0 atom stereocenters. The first-order valence-electron chi connectivity index (χ1n) is 7.61. The molecule has 0 aliphatic carbocycles. The molecule has 1 heterocycles. The third-order valence-electron chi connectivity index (χ3n) is 3.74. The maximum atomic E-state index is 12.6. The number of carbonyl (C=O) groups excluding carboxylic acids is 1. The Bertz CT molecular complexity index is 887. The average Bonchev–Trinajstić information content (AvgIpc) is 2.95. The van der Waals surface area contributed by atoms with Gasteiger partial charge < -0.3 is 9.84 Å². The molecule has 1 N–H and O–H groups in total. The molecule has 4 nitrogen and oxygen atoms in total. The number of halogens is 1. The zero-order chi connectivity index (χ0) is 17.1. The topological polar surface area (TPSA) is 55.1 Å². The predicted octanol–water partition coefficient (Wildman–Crippen LogP) is 4.54. The molecule has 0 saturated heterocycles. The van der Waals surface area contributed by atoms with Crippen LogP contribution in [0.15, 0.2) is 53.1 Å². The maximum absolute atomic E-state index is 12.6. The van der Waals surface area contributed by atoms with E-state index in [1.165, 1.54) is 0 Å². The normalized spacial score (nSPS) is 10.6. The molecule has 1 aromatic heterocycles. The lowest BCUT2D eigenvalue weighted by atomic mass is 10.1. The number of benzene rings is 2. The second-order valence-electron chi connectivity index (χ2n) is 5.62. The van der Waals surface area contributed by atoms with E-state index in [0.717, 1.165) is 11.1 Å². The Kier molecular flexibility index (Phi) is 4.67. The van der Waals surface area contributed by atoms with Gasteiger partial charge in [0, 0.05) is 12.1 Å². The van der Waals surface area contributed by atoms with Crippen LogP contribution >= 0.6 is 11.6 Å². The van der Waals surface area contributed by atoms with Crippen LogP contribution in [0.4, 0.5) is 0 Å². The van der Waals surface area contributed by atoms with Gasteiger partial charge in [0.25, 0.3) is 5.91 Å². The molecule has 2 aromatic carbocycles. The maximum Gasteiger partial charge on any atom is 0.257 e. The van der Waals surface area contributed by atoms with Gasteiger partial charge in [0.1, 0.15) is 5.56 Å². The standard InChI is InChI=1S/C19H17ClN2O2/c1-12-6-5-7-14(10-12)11-21-19(23)17-13(2)22-24-18(17)15-8-3-4-9-16(15)20/h3-10H,11H2,1-2H3,(H,21,23). The molecule has 0 spiro atoms. The van der Waals surface area contributed by atoms with E-state index in [2.05, 4.69) is 10.5 Å². The summed E-state index contributed by atoms with van der Waals surface area (Å²) in [5.41, 5.74) is 3.79. The fraction of sp³-hybridized carbons (Fsp3) is 0.158. The number of rotatable bonds is 4. The number of carbonyl (C=O) groups is 1. The molecule has 0 fully saturated rings. The molecule has 0 saturated carbocycles. The van der Waals surface area contributed by atoms with Crippen molar-refractivity contribution in [3.05, 3.63) is 75.9 Å². The zero-order valence-corrected chi connectivity index (χ0v) is 14.2. The van der Waals surface area contributed by atoms with Gasteiger partial charge in [0.05, 0.1) is 10.7 Å². The first kappa shape index (κ1) is 16.3. The Morgan fingerprint density at radius 3 is 2.71 bits per heavy atom. The molecule has 3 aromatic rings. The van der Waals surface area contributed by atoms with E-state index < -0.39 is 0 Å². The van der Waals surface area contributed by atoms with Gasteiger partial charge in [-0.15, -0.1) is 0 Å². The molecule has 3 rings (SSSR count). The second-order valence-corrected chi connectivity index (χ2v) is 6.03. The van der Waals surface area contributed by atoms with Crippen LogP contribution in [0.5, 0.6) is 0 Å². The van der Waals surface area contributed by atoms with Gasteiger partial charge in [-0.3, -0.25) is 4.79 Å². The number of amides is 1.